The minimum atomic E-state index is -2.00. The normalized spacial score (nSPS) is 16.2. The van der Waals surface area contributed by atoms with Crippen molar-refractivity contribution in [3.63, 3.8) is 0 Å². The van der Waals surface area contributed by atoms with Gasteiger partial charge in [0.15, 0.2) is 0 Å². The lowest BCUT2D eigenvalue weighted by Gasteiger charge is -2.29. The van der Waals surface area contributed by atoms with Crippen molar-refractivity contribution in [3.8, 4) is 0 Å². The van der Waals surface area contributed by atoms with Crippen molar-refractivity contribution >= 4 is 0 Å². The summed E-state index contributed by atoms with van der Waals surface area (Å²) in [6.07, 6.45) is -7.69. The van der Waals surface area contributed by atoms with E-state index in [1.54, 1.807) is 24.3 Å². The maximum atomic E-state index is 14.8. The molecule has 0 heterocycles. The third-order valence-corrected chi connectivity index (χ3v) is 6.66. The predicted octanol–water partition coefficient (Wildman–Crippen LogP) is 3.22. The number of aliphatic hydroxyl groups is 6. The lowest BCUT2D eigenvalue weighted by molar-refractivity contribution is -0.134. The molecule has 0 aliphatic rings. The predicted molar refractivity (Wildman–Crippen MR) is 146 cm³/mol. The van der Waals surface area contributed by atoms with Gasteiger partial charge in [0, 0.05) is 12.0 Å². The van der Waals surface area contributed by atoms with Gasteiger partial charge in [-0.25, -0.2) is 8.78 Å². The Labute approximate surface area is 229 Å². The fraction of sp³-hybridized carbons (Fsp3) is 0.516. The molecule has 216 valence electrons. The van der Waals surface area contributed by atoms with Crippen LogP contribution in [0, 0.1) is 11.6 Å². The highest BCUT2D eigenvalue weighted by Gasteiger charge is 2.35. The molecule has 8 heteroatoms. The van der Waals surface area contributed by atoms with E-state index in [1.165, 1.54) is 18.2 Å². The number of benzene rings is 2. The molecule has 2 aromatic carbocycles. The Kier molecular flexibility index (Phi) is 11.2. The zero-order valence-corrected chi connectivity index (χ0v) is 23.5. The summed E-state index contributed by atoms with van der Waals surface area (Å²) in [5.41, 5.74) is 4.36. The molecule has 6 nitrogen and oxygen atoms in total. The maximum absolute atomic E-state index is 14.8. The summed E-state index contributed by atoms with van der Waals surface area (Å²) in [4.78, 5) is 0. The number of hydrogen-bond acceptors (Lipinski definition) is 6. The Morgan fingerprint density at radius 1 is 0.769 bits per heavy atom. The molecule has 0 aliphatic carbocycles. The first-order valence-electron chi connectivity index (χ1n) is 13.0. The molecule has 0 spiro atoms. The molecule has 1 unspecified atom stereocenters. The Morgan fingerprint density at radius 2 is 1.26 bits per heavy atom. The highest BCUT2D eigenvalue weighted by Crippen LogP contribution is 2.28. The Morgan fingerprint density at radius 3 is 1.72 bits per heavy atom. The van der Waals surface area contributed by atoms with Gasteiger partial charge in [-0.1, -0.05) is 65.8 Å². The van der Waals surface area contributed by atoms with Crippen molar-refractivity contribution in [3.05, 3.63) is 87.7 Å². The second-order valence-electron chi connectivity index (χ2n) is 12.0. The van der Waals surface area contributed by atoms with E-state index in [9.17, 15) is 34.3 Å². The molecule has 2 rings (SSSR count). The topological polar surface area (TPSA) is 121 Å². The van der Waals surface area contributed by atoms with Crippen LogP contribution in [-0.2, 0) is 23.7 Å². The molecule has 0 fully saturated rings. The van der Waals surface area contributed by atoms with Gasteiger partial charge in [-0.3, -0.25) is 0 Å². The molecule has 39 heavy (non-hydrogen) atoms. The summed E-state index contributed by atoms with van der Waals surface area (Å²) in [6, 6.07) is 9.56. The van der Waals surface area contributed by atoms with E-state index >= 15 is 0 Å². The molecular formula is C31H42F2O6. The van der Waals surface area contributed by atoms with Crippen LogP contribution in [0.1, 0.15) is 63.8 Å². The molecule has 0 bridgehead atoms. The van der Waals surface area contributed by atoms with Gasteiger partial charge in [0.2, 0.25) is 0 Å². The number of hydrogen-bond donors (Lipinski definition) is 6. The van der Waals surface area contributed by atoms with Crippen LogP contribution in [0.2, 0.25) is 0 Å². The minimum Gasteiger partial charge on any atom is -0.394 e. The van der Waals surface area contributed by atoms with Gasteiger partial charge in [0.25, 0.3) is 0 Å². The van der Waals surface area contributed by atoms with Crippen LogP contribution >= 0.6 is 0 Å². The van der Waals surface area contributed by atoms with E-state index in [4.69, 9.17) is 5.11 Å². The van der Waals surface area contributed by atoms with Crippen LogP contribution < -0.4 is 0 Å². The van der Waals surface area contributed by atoms with Crippen LogP contribution in [0.3, 0.4) is 0 Å². The van der Waals surface area contributed by atoms with Crippen LogP contribution in [0.4, 0.5) is 8.78 Å². The van der Waals surface area contributed by atoms with Crippen LogP contribution in [0.15, 0.2) is 53.8 Å². The van der Waals surface area contributed by atoms with Gasteiger partial charge in [0.05, 0.1) is 6.61 Å². The molecule has 0 radical (unpaired) electrons. The molecular weight excluding hydrogens is 506 g/mol. The smallest absolute Gasteiger partial charge is 0.127 e. The van der Waals surface area contributed by atoms with Crippen LogP contribution in [-0.4, -0.2) is 67.8 Å². The van der Waals surface area contributed by atoms with Gasteiger partial charge in [-0.15, -0.1) is 5.73 Å². The molecule has 0 aromatic heterocycles. The Hall–Kier alpha value is -2.42. The second kappa shape index (κ2) is 13.3. The molecule has 0 aliphatic heterocycles. The van der Waals surface area contributed by atoms with Crippen molar-refractivity contribution < 1.29 is 39.4 Å². The fourth-order valence-electron chi connectivity index (χ4n) is 4.26. The Balaban J connectivity index is 2.43. The van der Waals surface area contributed by atoms with Gasteiger partial charge >= 0.3 is 0 Å². The molecule has 2 aromatic rings. The molecule has 0 saturated carbocycles. The highest BCUT2D eigenvalue weighted by atomic mass is 19.1. The third kappa shape index (κ3) is 8.78. The fourth-order valence-corrected chi connectivity index (χ4v) is 4.26. The zero-order valence-electron chi connectivity index (χ0n) is 23.5. The van der Waals surface area contributed by atoms with Crippen molar-refractivity contribution in [1.29, 1.82) is 0 Å². The van der Waals surface area contributed by atoms with E-state index in [2.05, 4.69) is 5.73 Å². The number of rotatable bonds is 10. The summed E-state index contributed by atoms with van der Waals surface area (Å²) in [5, 5.41) is 60.4. The van der Waals surface area contributed by atoms with Crippen molar-refractivity contribution in [2.45, 2.75) is 95.7 Å². The van der Waals surface area contributed by atoms with Gasteiger partial charge < -0.3 is 30.6 Å². The maximum Gasteiger partial charge on any atom is 0.127 e. The molecule has 5 atom stereocenters. The average molecular weight is 549 g/mol. The van der Waals surface area contributed by atoms with Crippen molar-refractivity contribution in [1.82, 2.24) is 0 Å². The van der Waals surface area contributed by atoms with Crippen LogP contribution in [0.5, 0.6) is 0 Å². The Bertz CT molecular complexity index is 1170. The minimum absolute atomic E-state index is 0.0568. The quantitative estimate of drug-likeness (QED) is 0.254. The zero-order chi connectivity index (χ0) is 29.7. The summed E-state index contributed by atoms with van der Waals surface area (Å²) in [7, 11) is 0. The van der Waals surface area contributed by atoms with Gasteiger partial charge in [-0.2, -0.15) is 0 Å². The monoisotopic (exact) mass is 548 g/mol. The SMILES string of the molecule is CC(C)(C)c1ccc(CC=C=C(Cc2ccc(C(C)(C)C)c(F)c2)C(O)[C@@H](O)[C@@H](O)[C@H](O)[C@@H](O)CO)cc1F. The molecule has 0 amide bonds. The van der Waals surface area contributed by atoms with Crippen LogP contribution in [0.25, 0.3) is 0 Å². The highest BCUT2D eigenvalue weighted by molar-refractivity contribution is 5.33. The summed E-state index contributed by atoms with van der Waals surface area (Å²) < 4.78 is 29.5. The largest absolute Gasteiger partial charge is 0.394 e. The van der Waals surface area contributed by atoms with Gasteiger partial charge in [0.1, 0.15) is 42.2 Å². The summed E-state index contributed by atoms with van der Waals surface area (Å²) >= 11 is 0. The third-order valence-electron chi connectivity index (χ3n) is 6.66. The first kappa shape index (κ1) is 32.8. The summed E-state index contributed by atoms with van der Waals surface area (Å²) in [5.74, 6) is -0.781. The van der Waals surface area contributed by atoms with E-state index in [0.29, 0.717) is 22.3 Å². The number of halogens is 2. The first-order valence-corrected chi connectivity index (χ1v) is 13.0. The first-order chi connectivity index (χ1) is 18.0. The molecule has 6 N–H and O–H groups in total. The molecule has 0 saturated heterocycles. The lowest BCUT2D eigenvalue weighted by atomic mass is 9.85. The van der Waals surface area contributed by atoms with E-state index in [-0.39, 0.29) is 29.6 Å². The van der Waals surface area contributed by atoms with E-state index in [0.717, 1.165) is 0 Å². The summed E-state index contributed by atoms with van der Waals surface area (Å²) in [6.45, 7) is 10.5. The van der Waals surface area contributed by atoms with Gasteiger partial charge in [-0.05, 0) is 57.7 Å². The average Bonchev–Trinajstić information content (AvgIpc) is 2.84. The van der Waals surface area contributed by atoms with Crippen molar-refractivity contribution in [2.24, 2.45) is 0 Å². The van der Waals surface area contributed by atoms with E-state index in [1.807, 2.05) is 41.5 Å². The van der Waals surface area contributed by atoms with E-state index < -0.39 is 48.4 Å². The number of aliphatic hydroxyl groups excluding tert-OH is 6. The lowest BCUT2D eigenvalue weighted by Crippen LogP contribution is -2.50. The standard InChI is InChI=1S/C31H42F2O6/c1-30(2,3)21-12-10-18(15-23(21)32)8-7-9-20(26(36)28(38)29(39)27(37)25(35)17-34)14-19-11-13-22(24(33)16-19)31(4,5)6/h7,10-13,15-16,25-29,34-39H,8,14,17H2,1-6H3/t9?,25-,26?,27+,28+,29-/m0/s1. The van der Waals surface area contributed by atoms with Crippen molar-refractivity contribution in [2.75, 3.05) is 6.61 Å². The second-order valence-corrected chi connectivity index (χ2v) is 12.0.